The van der Waals surface area contributed by atoms with E-state index in [0.29, 0.717) is 19.3 Å². The van der Waals surface area contributed by atoms with Crippen molar-refractivity contribution in [2.24, 2.45) is 0 Å². The maximum atomic E-state index is 11.8. The molecule has 0 saturated heterocycles. The van der Waals surface area contributed by atoms with Gasteiger partial charge in [0.1, 0.15) is 4.90 Å². The molecule has 0 saturated carbocycles. The first-order valence-corrected chi connectivity index (χ1v) is 7.32. The molecule has 106 valence electrons. The number of nitrogens with zero attached hydrogens (tertiary/aromatic N) is 1. The zero-order valence-electron chi connectivity index (χ0n) is 10.4. The smallest absolute Gasteiger partial charge is 0.303 e. The molecule has 0 amide bonds. The number of hydrogen-bond acceptors (Lipinski definition) is 5. The van der Waals surface area contributed by atoms with E-state index in [4.69, 9.17) is 10.8 Å². The number of pyridine rings is 1. The summed E-state index contributed by atoms with van der Waals surface area (Å²) in [4.78, 5) is 14.0. The number of hydrogen-bond donors (Lipinski definition) is 3. The Morgan fingerprint density at radius 2 is 2.05 bits per heavy atom. The van der Waals surface area contributed by atoms with Gasteiger partial charge in [-0.1, -0.05) is 6.42 Å². The standard InChI is InChI=1S/C11H17N3O4S/c12-9-6-10(8-13-7-9)19(17,18)14-5-3-1-2-4-11(15)16/h6-8,14H,1-5,12H2,(H,15,16). The fourth-order valence-corrected chi connectivity index (χ4v) is 2.52. The minimum absolute atomic E-state index is 0.0260. The van der Waals surface area contributed by atoms with Crippen molar-refractivity contribution in [2.75, 3.05) is 12.3 Å². The number of unbranched alkanes of at least 4 members (excludes halogenated alkanes) is 2. The van der Waals surface area contributed by atoms with Crippen molar-refractivity contribution >= 4 is 21.7 Å². The number of aliphatic carboxylic acids is 1. The van der Waals surface area contributed by atoms with Gasteiger partial charge in [0.2, 0.25) is 10.0 Å². The summed E-state index contributed by atoms with van der Waals surface area (Å²) in [5.74, 6) is -0.841. The first kappa shape index (κ1) is 15.4. The molecule has 0 aliphatic heterocycles. The van der Waals surface area contributed by atoms with Crippen molar-refractivity contribution in [3.8, 4) is 0 Å². The van der Waals surface area contributed by atoms with Crippen molar-refractivity contribution in [3.63, 3.8) is 0 Å². The molecule has 0 bridgehead atoms. The third-order valence-corrected chi connectivity index (χ3v) is 3.83. The molecule has 0 radical (unpaired) electrons. The van der Waals surface area contributed by atoms with Gasteiger partial charge in [-0.05, 0) is 18.9 Å². The number of aromatic nitrogens is 1. The Hall–Kier alpha value is -1.67. The second kappa shape index (κ2) is 7.05. The lowest BCUT2D eigenvalue weighted by Crippen LogP contribution is -2.25. The van der Waals surface area contributed by atoms with Crippen LogP contribution in [-0.4, -0.2) is 31.0 Å². The maximum Gasteiger partial charge on any atom is 0.303 e. The number of anilines is 1. The summed E-state index contributed by atoms with van der Waals surface area (Å²) >= 11 is 0. The first-order valence-electron chi connectivity index (χ1n) is 5.84. The Kier molecular flexibility index (Phi) is 5.71. The van der Waals surface area contributed by atoms with E-state index in [1.165, 1.54) is 18.5 Å². The van der Waals surface area contributed by atoms with Crippen molar-refractivity contribution in [3.05, 3.63) is 18.5 Å². The van der Waals surface area contributed by atoms with Crippen molar-refractivity contribution in [1.29, 1.82) is 0 Å². The number of nitrogens with one attached hydrogen (secondary N) is 1. The van der Waals surface area contributed by atoms with Gasteiger partial charge in [-0.3, -0.25) is 9.78 Å². The van der Waals surface area contributed by atoms with Crippen molar-refractivity contribution in [2.45, 2.75) is 30.6 Å². The summed E-state index contributed by atoms with van der Waals surface area (Å²) in [7, 11) is -3.60. The van der Waals surface area contributed by atoms with Gasteiger partial charge in [0.05, 0.1) is 5.69 Å². The molecule has 1 rings (SSSR count). The van der Waals surface area contributed by atoms with Gasteiger partial charge in [-0.15, -0.1) is 0 Å². The van der Waals surface area contributed by atoms with E-state index in [-0.39, 0.29) is 23.5 Å². The van der Waals surface area contributed by atoms with Gasteiger partial charge >= 0.3 is 5.97 Å². The second-order valence-corrected chi connectivity index (χ2v) is 5.82. The lowest BCUT2D eigenvalue weighted by atomic mass is 10.2. The molecule has 7 nitrogen and oxygen atoms in total. The maximum absolute atomic E-state index is 11.8. The van der Waals surface area contributed by atoms with Crippen LogP contribution in [-0.2, 0) is 14.8 Å². The molecule has 19 heavy (non-hydrogen) atoms. The molecule has 0 aliphatic rings. The molecule has 1 heterocycles. The molecule has 8 heteroatoms. The van der Waals surface area contributed by atoms with Crippen LogP contribution in [0.2, 0.25) is 0 Å². The Balaban J connectivity index is 2.38. The van der Waals surface area contributed by atoms with Crippen LogP contribution < -0.4 is 10.5 Å². The van der Waals surface area contributed by atoms with Crippen molar-refractivity contribution in [1.82, 2.24) is 9.71 Å². The highest BCUT2D eigenvalue weighted by atomic mass is 32.2. The van der Waals surface area contributed by atoms with E-state index < -0.39 is 16.0 Å². The predicted molar refractivity (Wildman–Crippen MR) is 69.9 cm³/mol. The van der Waals surface area contributed by atoms with Crippen LogP contribution in [0.3, 0.4) is 0 Å². The molecular formula is C11H17N3O4S. The summed E-state index contributed by atoms with van der Waals surface area (Å²) < 4.78 is 26.1. The van der Waals surface area contributed by atoms with Crippen LogP contribution in [0, 0.1) is 0 Å². The first-order chi connectivity index (χ1) is 8.92. The predicted octanol–water partition coefficient (Wildman–Crippen LogP) is 0.587. The van der Waals surface area contributed by atoms with E-state index in [1.54, 1.807) is 0 Å². The van der Waals surface area contributed by atoms with Gasteiger partial charge in [0.25, 0.3) is 0 Å². The number of nitrogen functional groups attached to an aromatic ring is 1. The fourth-order valence-electron chi connectivity index (χ4n) is 1.45. The van der Waals surface area contributed by atoms with E-state index in [2.05, 4.69) is 9.71 Å². The molecule has 0 aliphatic carbocycles. The third kappa shape index (κ3) is 5.66. The minimum Gasteiger partial charge on any atom is -0.481 e. The van der Waals surface area contributed by atoms with E-state index >= 15 is 0 Å². The van der Waals surface area contributed by atoms with Crippen LogP contribution in [0.4, 0.5) is 5.69 Å². The fraction of sp³-hybridized carbons (Fsp3) is 0.455. The summed E-state index contributed by atoms with van der Waals surface area (Å²) in [6, 6.07) is 1.33. The molecule has 1 aromatic rings. The van der Waals surface area contributed by atoms with Crippen LogP contribution in [0.15, 0.2) is 23.4 Å². The van der Waals surface area contributed by atoms with Gasteiger partial charge < -0.3 is 10.8 Å². The van der Waals surface area contributed by atoms with Crippen LogP contribution in [0.1, 0.15) is 25.7 Å². The van der Waals surface area contributed by atoms with Crippen molar-refractivity contribution < 1.29 is 18.3 Å². The zero-order chi connectivity index (χ0) is 14.3. The number of rotatable bonds is 8. The van der Waals surface area contributed by atoms with Gasteiger partial charge in [-0.2, -0.15) is 0 Å². The monoisotopic (exact) mass is 287 g/mol. The van der Waals surface area contributed by atoms with Gasteiger partial charge in [-0.25, -0.2) is 13.1 Å². The number of carboxylic acids is 1. The summed E-state index contributed by atoms with van der Waals surface area (Å²) in [6.07, 6.45) is 4.48. The zero-order valence-corrected chi connectivity index (χ0v) is 11.2. The number of carboxylic acid groups (broad SMARTS) is 1. The van der Waals surface area contributed by atoms with E-state index in [0.717, 1.165) is 0 Å². The molecule has 1 aromatic heterocycles. The Morgan fingerprint density at radius 3 is 2.68 bits per heavy atom. The Bertz CT molecular complexity index is 530. The average molecular weight is 287 g/mol. The molecule has 0 spiro atoms. The average Bonchev–Trinajstić information content (AvgIpc) is 2.33. The Morgan fingerprint density at radius 1 is 1.32 bits per heavy atom. The number of nitrogens with two attached hydrogens (primary N) is 1. The van der Waals surface area contributed by atoms with E-state index in [1.807, 2.05) is 0 Å². The molecular weight excluding hydrogens is 270 g/mol. The summed E-state index contributed by atoms with van der Waals surface area (Å²) in [5, 5.41) is 8.44. The summed E-state index contributed by atoms with van der Waals surface area (Å²) in [5.41, 5.74) is 5.75. The third-order valence-electron chi connectivity index (χ3n) is 2.40. The lowest BCUT2D eigenvalue weighted by molar-refractivity contribution is -0.137. The quantitative estimate of drug-likeness (QED) is 0.601. The summed E-state index contributed by atoms with van der Waals surface area (Å²) in [6.45, 7) is 0.261. The number of carbonyl (C=O) groups is 1. The lowest BCUT2D eigenvalue weighted by Gasteiger charge is -2.06. The molecule has 0 fully saturated rings. The number of sulfonamides is 1. The highest BCUT2D eigenvalue weighted by molar-refractivity contribution is 7.89. The normalized spacial score (nSPS) is 11.4. The molecule has 0 atom stereocenters. The van der Waals surface area contributed by atoms with Crippen LogP contribution in [0.5, 0.6) is 0 Å². The second-order valence-electron chi connectivity index (χ2n) is 4.06. The molecule has 0 unspecified atom stereocenters. The molecule has 0 aromatic carbocycles. The highest BCUT2D eigenvalue weighted by Crippen LogP contribution is 2.10. The van der Waals surface area contributed by atoms with E-state index in [9.17, 15) is 13.2 Å². The van der Waals surface area contributed by atoms with Gasteiger partial charge in [0, 0.05) is 25.4 Å². The molecule has 4 N–H and O–H groups in total. The Labute approximate surface area is 111 Å². The van der Waals surface area contributed by atoms with Crippen LogP contribution in [0.25, 0.3) is 0 Å². The largest absolute Gasteiger partial charge is 0.481 e. The SMILES string of the molecule is Nc1cncc(S(=O)(=O)NCCCCCC(=O)O)c1. The topological polar surface area (TPSA) is 122 Å². The highest BCUT2D eigenvalue weighted by Gasteiger charge is 2.13. The van der Waals surface area contributed by atoms with Crippen LogP contribution >= 0.6 is 0 Å². The minimum atomic E-state index is -3.60. The van der Waals surface area contributed by atoms with Gasteiger partial charge in [0.15, 0.2) is 0 Å².